The minimum absolute atomic E-state index is 0.170. The molecule has 1 aliphatic rings. The van der Waals surface area contributed by atoms with E-state index in [1.165, 1.54) is 6.08 Å². The van der Waals surface area contributed by atoms with E-state index in [1.54, 1.807) is 13.0 Å². The third-order valence-corrected chi connectivity index (χ3v) is 4.81. The number of aryl methyl sites for hydroxylation is 2. The number of nitrogens with one attached hydrogen (secondary N) is 1. The van der Waals surface area contributed by atoms with Crippen molar-refractivity contribution in [3.8, 4) is 0 Å². The van der Waals surface area contributed by atoms with Crippen molar-refractivity contribution in [2.75, 3.05) is 0 Å². The van der Waals surface area contributed by atoms with E-state index < -0.39 is 5.54 Å². The topological polar surface area (TPSA) is 68.0 Å². The molecular formula is C18H20ClN3O2. The van der Waals surface area contributed by atoms with E-state index in [0.29, 0.717) is 16.7 Å². The molecule has 1 fully saturated rings. The first kappa shape index (κ1) is 16.7. The number of rotatable bonds is 4. The Labute approximate surface area is 146 Å². The third kappa shape index (κ3) is 3.51. The quantitative estimate of drug-likeness (QED) is 0.852. The van der Waals surface area contributed by atoms with Gasteiger partial charge in [-0.2, -0.15) is 4.98 Å². The summed E-state index contributed by atoms with van der Waals surface area (Å²) in [4.78, 5) is 16.7. The van der Waals surface area contributed by atoms with Gasteiger partial charge in [0, 0.05) is 18.0 Å². The van der Waals surface area contributed by atoms with E-state index in [-0.39, 0.29) is 5.91 Å². The van der Waals surface area contributed by atoms with Crippen molar-refractivity contribution in [3.63, 3.8) is 0 Å². The van der Waals surface area contributed by atoms with Gasteiger partial charge >= 0.3 is 0 Å². The second kappa shape index (κ2) is 6.77. The molecule has 0 saturated heterocycles. The summed E-state index contributed by atoms with van der Waals surface area (Å²) in [5, 5.41) is 7.78. The highest BCUT2D eigenvalue weighted by molar-refractivity contribution is 6.31. The Balaban J connectivity index is 1.74. The van der Waals surface area contributed by atoms with Crippen molar-refractivity contribution in [1.82, 2.24) is 15.5 Å². The molecule has 1 N–H and O–H groups in total. The van der Waals surface area contributed by atoms with Crippen molar-refractivity contribution in [3.05, 3.63) is 52.1 Å². The number of nitrogens with zero attached hydrogens (tertiary/aromatic N) is 2. The highest BCUT2D eigenvalue weighted by atomic mass is 35.5. The van der Waals surface area contributed by atoms with Gasteiger partial charge in [0.05, 0.1) is 0 Å². The zero-order chi connectivity index (χ0) is 17.2. The largest absolute Gasteiger partial charge is 0.340 e. The molecule has 0 radical (unpaired) electrons. The molecule has 1 aromatic carbocycles. The molecule has 1 saturated carbocycles. The van der Waals surface area contributed by atoms with Crippen LogP contribution < -0.4 is 5.32 Å². The van der Waals surface area contributed by atoms with E-state index in [9.17, 15) is 4.79 Å². The SMILES string of the molecule is Cc1nc(C2(NC(=O)/C=C/c3ccc(C)c(Cl)c3)CCCC2)no1. The number of hydrogen-bond acceptors (Lipinski definition) is 4. The summed E-state index contributed by atoms with van der Waals surface area (Å²) < 4.78 is 5.09. The molecule has 2 aromatic rings. The van der Waals surface area contributed by atoms with E-state index in [1.807, 2.05) is 25.1 Å². The minimum atomic E-state index is -0.524. The monoisotopic (exact) mass is 345 g/mol. The van der Waals surface area contributed by atoms with Crippen LogP contribution in [0.15, 0.2) is 28.8 Å². The summed E-state index contributed by atoms with van der Waals surface area (Å²) in [6.45, 7) is 3.70. The average Bonchev–Trinajstić information content (AvgIpc) is 3.18. The second-order valence-corrected chi connectivity index (χ2v) is 6.66. The van der Waals surface area contributed by atoms with Crippen LogP contribution in [0, 0.1) is 13.8 Å². The summed E-state index contributed by atoms with van der Waals surface area (Å²) >= 11 is 6.11. The molecule has 1 aliphatic carbocycles. The van der Waals surface area contributed by atoms with Crippen LogP contribution in [0.1, 0.15) is 48.5 Å². The van der Waals surface area contributed by atoms with Crippen LogP contribution in [0.5, 0.6) is 0 Å². The van der Waals surface area contributed by atoms with E-state index in [2.05, 4.69) is 15.5 Å². The van der Waals surface area contributed by atoms with Crippen molar-refractivity contribution < 1.29 is 9.32 Å². The molecule has 126 valence electrons. The van der Waals surface area contributed by atoms with Gasteiger partial charge in [-0.1, -0.05) is 41.7 Å². The number of aromatic nitrogens is 2. The highest BCUT2D eigenvalue weighted by Gasteiger charge is 2.40. The van der Waals surface area contributed by atoms with Crippen LogP contribution >= 0.6 is 11.6 Å². The summed E-state index contributed by atoms with van der Waals surface area (Å²) in [7, 11) is 0. The Morgan fingerprint density at radius 3 is 2.71 bits per heavy atom. The summed E-state index contributed by atoms with van der Waals surface area (Å²) in [5.41, 5.74) is 1.37. The lowest BCUT2D eigenvalue weighted by Crippen LogP contribution is -2.44. The van der Waals surface area contributed by atoms with Crippen molar-refractivity contribution >= 4 is 23.6 Å². The number of carbonyl (C=O) groups excluding carboxylic acids is 1. The molecule has 3 rings (SSSR count). The predicted octanol–water partition coefficient (Wildman–Crippen LogP) is 3.94. The molecule has 6 heteroatoms. The molecule has 1 aromatic heterocycles. The van der Waals surface area contributed by atoms with Gasteiger partial charge in [-0.05, 0) is 43.0 Å². The highest BCUT2D eigenvalue weighted by Crippen LogP contribution is 2.37. The van der Waals surface area contributed by atoms with Gasteiger partial charge in [-0.3, -0.25) is 4.79 Å². The summed E-state index contributed by atoms with van der Waals surface area (Å²) in [5.74, 6) is 0.907. The summed E-state index contributed by atoms with van der Waals surface area (Å²) in [6.07, 6.45) is 6.99. The number of carbonyl (C=O) groups is 1. The first-order valence-corrected chi connectivity index (χ1v) is 8.43. The fourth-order valence-electron chi connectivity index (χ4n) is 3.04. The number of benzene rings is 1. The van der Waals surface area contributed by atoms with Gasteiger partial charge in [-0.25, -0.2) is 0 Å². The smallest absolute Gasteiger partial charge is 0.244 e. The average molecular weight is 346 g/mol. The Bertz CT molecular complexity index is 776. The number of hydrogen-bond donors (Lipinski definition) is 1. The number of halogens is 1. The van der Waals surface area contributed by atoms with Crippen LogP contribution in [0.3, 0.4) is 0 Å². The third-order valence-electron chi connectivity index (χ3n) is 4.40. The zero-order valence-electron chi connectivity index (χ0n) is 13.8. The standard InChI is InChI=1S/C18H20ClN3O2/c1-12-5-6-14(11-15(12)19)7-8-16(23)21-18(9-3-4-10-18)17-20-13(2)24-22-17/h5-8,11H,3-4,9-10H2,1-2H3,(H,21,23)/b8-7+. The van der Waals surface area contributed by atoms with Gasteiger partial charge in [0.2, 0.25) is 11.8 Å². The lowest BCUT2D eigenvalue weighted by Gasteiger charge is -2.25. The van der Waals surface area contributed by atoms with Crippen LogP contribution in [0.4, 0.5) is 0 Å². The molecule has 5 nitrogen and oxygen atoms in total. The van der Waals surface area contributed by atoms with Crippen molar-refractivity contribution in [2.45, 2.75) is 45.1 Å². The van der Waals surface area contributed by atoms with Gasteiger partial charge < -0.3 is 9.84 Å². The second-order valence-electron chi connectivity index (χ2n) is 6.26. The maximum atomic E-state index is 12.4. The van der Waals surface area contributed by atoms with E-state index >= 15 is 0 Å². The van der Waals surface area contributed by atoms with Crippen LogP contribution in [-0.2, 0) is 10.3 Å². The van der Waals surface area contributed by atoms with E-state index in [4.69, 9.17) is 16.1 Å². The van der Waals surface area contributed by atoms with E-state index in [0.717, 1.165) is 36.8 Å². The van der Waals surface area contributed by atoms with Gasteiger partial charge in [-0.15, -0.1) is 0 Å². The Hall–Kier alpha value is -2.14. The molecule has 24 heavy (non-hydrogen) atoms. The van der Waals surface area contributed by atoms with Gasteiger partial charge in [0.25, 0.3) is 0 Å². The minimum Gasteiger partial charge on any atom is -0.340 e. The zero-order valence-corrected chi connectivity index (χ0v) is 14.6. The predicted molar refractivity (Wildman–Crippen MR) is 92.5 cm³/mol. The Morgan fingerprint density at radius 1 is 1.33 bits per heavy atom. The van der Waals surface area contributed by atoms with Crippen molar-refractivity contribution in [1.29, 1.82) is 0 Å². The molecule has 0 atom stereocenters. The number of amides is 1. The van der Waals surface area contributed by atoms with Crippen LogP contribution in [0.25, 0.3) is 6.08 Å². The Kier molecular flexibility index (Phi) is 4.71. The van der Waals surface area contributed by atoms with Crippen LogP contribution in [-0.4, -0.2) is 16.0 Å². The Morgan fingerprint density at radius 2 is 2.08 bits per heavy atom. The fourth-order valence-corrected chi connectivity index (χ4v) is 3.23. The normalized spacial score (nSPS) is 16.6. The lowest BCUT2D eigenvalue weighted by molar-refractivity contribution is -0.118. The van der Waals surface area contributed by atoms with Gasteiger partial charge in [0.15, 0.2) is 5.82 Å². The van der Waals surface area contributed by atoms with Gasteiger partial charge in [0.1, 0.15) is 5.54 Å². The maximum Gasteiger partial charge on any atom is 0.244 e. The first-order chi connectivity index (χ1) is 11.5. The van der Waals surface area contributed by atoms with Crippen LogP contribution in [0.2, 0.25) is 5.02 Å². The molecule has 0 unspecified atom stereocenters. The molecule has 0 spiro atoms. The van der Waals surface area contributed by atoms with Crippen molar-refractivity contribution in [2.24, 2.45) is 0 Å². The molecular weight excluding hydrogens is 326 g/mol. The molecule has 1 amide bonds. The molecule has 0 aliphatic heterocycles. The molecule has 1 heterocycles. The fraction of sp³-hybridized carbons (Fsp3) is 0.389. The maximum absolute atomic E-state index is 12.4. The first-order valence-electron chi connectivity index (χ1n) is 8.06. The molecule has 0 bridgehead atoms. The summed E-state index contributed by atoms with van der Waals surface area (Å²) in [6, 6.07) is 5.70. The lowest BCUT2D eigenvalue weighted by atomic mass is 9.96.